The maximum absolute atomic E-state index is 10.9. The zero-order valence-electron chi connectivity index (χ0n) is 12.4. The summed E-state index contributed by atoms with van der Waals surface area (Å²) in [6.07, 6.45) is 6.69. The summed E-state index contributed by atoms with van der Waals surface area (Å²) in [5.74, 6) is 0.756. The summed E-state index contributed by atoms with van der Waals surface area (Å²) in [5, 5.41) is 15.3. The fourth-order valence-corrected chi connectivity index (χ4v) is 3.31. The molecule has 0 aromatic carbocycles. The van der Waals surface area contributed by atoms with Gasteiger partial charge in [0.25, 0.3) is 0 Å². The molecule has 0 radical (unpaired) electrons. The summed E-state index contributed by atoms with van der Waals surface area (Å²) in [7, 11) is 1.91. The van der Waals surface area contributed by atoms with Gasteiger partial charge < -0.3 is 10.8 Å². The third kappa shape index (κ3) is 2.70. The number of aliphatic hydroxyl groups is 1. The Morgan fingerprint density at radius 3 is 2.68 bits per heavy atom. The van der Waals surface area contributed by atoms with Gasteiger partial charge in [0.1, 0.15) is 0 Å². The van der Waals surface area contributed by atoms with Crippen LogP contribution in [-0.2, 0) is 13.5 Å². The van der Waals surface area contributed by atoms with Crippen LogP contribution in [0.25, 0.3) is 0 Å². The van der Waals surface area contributed by atoms with Gasteiger partial charge in [0.2, 0.25) is 0 Å². The van der Waals surface area contributed by atoms with Crippen molar-refractivity contribution in [2.45, 2.75) is 52.1 Å². The fraction of sp³-hybridized carbons (Fsp3) is 0.800. The van der Waals surface area contributed by atoms with E-state index in [1.807, 2.05) is 13.2 Å². The number of rotatable bonds is 4. The Balaban J connectivity index is 2.27. The van der Waals surface area contributed by atoms with Gasteiger partial charge in [-0.05, 0) is 25.2 Å². The molecular weight excluding hydrogens is 238 g/mol. The number of hydrogen-bond donors (Lipinski definition) is 2. The zero-order chi connectivity index (χ0) is 14.0. The lowest BCUT2D eigenvalue weighted by Gasteiger charge is -2.42. The van der Waals surface area contributed by atoms with Crippen molar-refractivity contribution >= 4 is 0 Å². The smallest absolute Gasteiger partial charge is 0.0891 e. The van der Waals surface area contributed by atoms with Crippen LogP contribution in [0.15, 0.2) is 6.20 Å². The molecule has 2 rings (SSSR count). The SMILES string of the molecule is CCc1nn(C)cc1C(O)C1(CN)CCC(C)CC1. The van der Waals surface area contributed by atoms with Gasteiger partial charge in [-0.3, -0.25) is 4.68 Å². The minimum Gasteiger partial charge on any atom is -0.388 e. The summed E-state index contributed by atoms with van der Waals surface area (Å²) in [6.45, 7) is 4.92. The van der Waals surface area contributed by atoms with Crippen LogP contribution in [0.3, 0.4) is 0 Å². The Morgan fingerprint density at radius 2 is 2.16 bits per heavy atom. The van der Waals surface area contributed by atoms with E-state index in [9.17, 15) is 5.11 Å². The van der Waals surface area contributed by atoms with E-state index in [-0.39, 0.29) is 5.41 Å². The molecule has 1 heterocycles. The Kier molecular flexibility index (Phi) is 4.31. The van der Waals surface area contributed by atoms with Gasteiger partial charge in [-0.15, -0.1) is 0 Å². The Bertz CT molecular complexity index is 419. The molecule has 1 unspecified atom stereocenters. The molecule has 0 aliphatic heterocycles. The van der Waals surface area contributed by atoms with E-state index >= 15 is 0 Å². The highest BCUT2D eigenvalue weighted by Gasteiger charge is 2.41. The second-order valence-corrected chi connectivity index (χ2v) is 6.21. The van der Waals surface area contributed by atoms with Crippen molar-refractivity contribution in [3.8, 4) is 0 Å². The monoisotopic (exact) mass is 265 g/mol. The van der Waals surface area contributed by atoms with Crippen molar-refractivity contribution in [3.05, 3.63) is 17.5 Å². The van der Waals surface area contributed by atoms with E-state index in [1.54, 1.807) is 4.68 Å². The van der Waals surface area contributed by atoms with Crippen LogP contribution in [0.1, 0.15) is 56.9 Å². The van der Waals surface area contributed by atoms with Crippen molar-refractivity contribution < 1.29 is 5.11 Å². The van der Waals surface area contributed by atoms with Gasteiger partial charge in [0, 0.05) is 30.8 Å². The third-order valence-electron chi connectivity index (χ3n) is 4.82. The predicted molar refractivity (Wildman–Crippen MR) is 76.7 cm³/mol. The standard InChI is InChI=1S/C15H27N3O/c1-4-13-12(9-18(3)17-13)14(19)15(10-16)7-5-11(2)6-8-15/h9,11,14,19H,4-8,10,16H2,1-3H3. The van der Waals surface area contributed by atoms with Gasteiger partial charge >= 0.3 is 0 Å². The lowest BCUT2D eigenvalue weighted by Crippen LogP contribution is -2.40. The lowest BCUT2D eigenvalue weighted by molar-refractivity contribution is -0.00871. The maximum Gasteiger partial charge on any atom is 0.0891 e. The predicted octanol–water partition coefficient (Wildman–Crippen LogP) is 2.17. The molecular formula is C15H27N3O. The van der Waals surface area contributed by atoms with E-state index < -0.39 is 6.10 Å². The molecule has 1 saturated carbocycles. The van der Waals surface area contributed by atoms with E-state index in [0.717, 1.165) is 49.3 Å². The van der Waals surface area contributed by atoms with Gasteiger partial charge in [0.15, 0.2) is 0 Å². The van der Waals surface area contributed by atoms with Crippen LogP contribution in [0.2, 0.25) is 0 Å². The molecule has 1 aliphatic rings. The van der Waals surface area contributed by atoms with Crippen LogP contribution < -0.4 is 5.73 Å². The number of hydrogen-bond acceptors (Lipinski definition) is 3. The molecule has 0 spiro atoms. The van der Waals surface area contributed by atoms with Crippen LogP contribution in [0.4, 0.5) is 0 Å². The largest absolute Gasteiger partial charge is 0.388 e. The fourth-order valence-electron chi connectivity index (χ4n) is 3.31. The Labute approximate surface area is 116 Å². The molecule has 1 aromatic heterocycles. The summed E-state index contributed by atoms with van der Waals surface area (Å²) < 4.78 is 1.80. The average molecular weight is 265 g/mol. The maximum atomic E-state index is 10.9. The summed E-state index contributed by atoms with van der Waals surface area (Å²) in [5.41, 5.74) is 7.86. The molecule has 0 saturated heterocycles. The molecule has 1 fully saturated rings. The van der Waals surface area contributed by atoms with Crippen LogP contribution >= 0.6 is 0 Å². The van der Waals surface area contributed by atoms with Crippen LogP contribution in [-0.4, -0.2) is 21.4 Å². The minimum atomic E-state index is -0.478. The quantitative estimate of drug-likeness (QED) is 0.877. The first kappa shape index (κ1) is 14.5. The molecule has 0 amide bonds. The van der Waals surface area contributed by atoms with Crippen LogP contribution in [0, 0.1) is 11.3 Å². The van der Waals surface area contributed by atoms with E-state index in [0.29, 0.717) is 6.54 Å². The number of aryl methyl sites for hydroxylation is 2. The minimum absolute atomic E-state index is 0.153. The number of aliphatic hydroxyl groups excluding tert-OH is 1. The van der Waals surface area contributed by atoms with Gasteiger partial charge in [0.05, 0.1) is 11.8 Å². The molecule has 1 aliphatic carbocycles. The second kappa shape index (κ2) is 5.63. The molecule has 1 atom stereocenters. The normalized spacial score (nSPS) is 29.4. The summed E-state index contributed by atoms with van der Waals surface area (Å²) in [6, 6.07) is 0. The first-order chi connectivity index (χ1) is 9.02. The molecule has 4 nitrogen and oxygen atoms in total. The first-order valence-electron chi connectivity index (χ1n) is 7.43. The van der Waals surface area contributed by atoms with Gasteiger partial charge in [-0.25, -0.2) is 0 Å². The highest BCUT2D eigenvalue weighted by molar-refractivity contribution is 5.23. The molecule has 3 N–H and O–H groups in total. The number of aromatic nitrogens is 2. The first-order valence-corrected chi connectivity index (χ1v) is 7.43. The summed E-state index contributed by atoms with van der Waals surface area (Å²) >= 11 is 0. The summed E-state index contributed by atoms with van der Waals surface area (Å²) in [4.78, 5) is 0. The van der Waals surface area contributed by atoms with Crippen molar-refractivity contribution in [1.82, 2.24) is 9.78 Å². The lowest BCUT2D eigenvalue weighted by atomic mass is 9.66. The second-order valence-electron chi connectivity index (χ2n) is 6.21. The van der Waals surface area contributed by atoms with Gasteiger partial charge in [-0.1, -0.05) is 26.7 Å². The third-order valence-corrected chi connectivity index (χ3v) is 4.82. The number of nitrogens with zero attached hydrogens (tertiary/aromatic N) is 2. The molecule has 1 aromatic rings. The zero-order valence-corrected chi connectivity index (χ0v) is 12.4. The van der Waals surface area contributed by atoms with Crippen molar-refractivity contribution in [2.24, 2.45) is 24.1 Å². The highest BCUT2D eigenvalue weighted by atomic mass is 16.3. The Morgan fingerprint density at radius 1 is 1.53 bits per heavy atom. The molecule has 19 heavy (non-hydrogen) atoms. The average Bonchev–Trinajstić information content (AvgIpc) is 2.80. The topological polar surface area (TPSA) is 64.1 Å². The van der Waals surface area contributed by atoms with Crippen molar-refractivity contribution in [1.29, 1.82) is 0 Å². The Hall–Kier alpha value is -0.870. The molecule has 4 heteroatoms. The van der Waals surface area contributed by atoms with Crippen molar-refractivity contribution in [3.63, 3.8) is 0 Å². The van der Waals surface area contributed by atoms with E-state index in [4.69, 9.17) is 5.73 Å². The van der Waals surface area contributed by atoms with Crippen molar-refractivity contribution in [2.75, 3.05) is 6.54 Å². The highest BCUT2D eigenvalue weighted by Crippen LogP contribution is 2.47. The molecule has 108 valence electrons. The van der Waals surface area contributed by atoms with E-state index in [2.05, 4.69) is 18.9 Å². The van der Waals surface area contributed by atoms with E-state index in [1.165, 1.54) is 0 Å². The molecule has 0 bridgehead atoms. The van der Waals surface area contributed by atoms with Gasteiger partial charge in [-0.2, -0.15) is 5.10 Å². The number of nitrogens with two attached hydrogens (primary N) is 1. The van der Waals surface area contributed by atoms with Crippen LogP contribution in [0.5, 0.6) is 0 Å².